The highest BCUT2D eigenvalue weighted by atomic mass is 19.4. The molecule has 114 valence electrons. The molecule has 0 radical (unpaired) electrons. The van der Waals surface area contributed by atoms with Gasteiger partial charge >= 0.3 is 12.4 Å². The molecule has 1 rings (SSSR count). The van der Waals surface area contributed by atoms with Crippen molar-refractivity contribution in [3.63, 3.8) is 0 Å². The van der Waals surface area contributed by atoms with E-state index < -0.39 is 54.7 Å². The Morgan fingerprint density at radius 3 is 2.15 bits per heavy atom. The van der Waals surface area contributed by atoms with Crippen molar-refractivity contribution in [1.82, 2.24) is 0 Å². The number of alkyl halides is 6. The van der Waals surface area contributed by atoms with Crippen molar-refractivity contribution >= 4 is 0 Å². The summed E-state index contributed by atoms with van der Waals surface area (Å²) in [6.45, 7) is 0. The van der Waals surface area contributed by atoms with Crippen molar-refractivity contribution in [3.8, 4) is 0 Å². The fourth-order valence-electron chi connectivity index (χ4n) is 1.72. The minimum Gasteiger partial charge on any atom is -0.388 e. The second-order valence-corrected chi connectivity index (χ2v) is 4.25. The summed E-state index contributed by atoms with van der Waals surface area (Å²) < 4.78 is 86.5. The molecule has 1 aromatic rings. The van der Waals surface area contributed by atoms with Gasteiger partial charge in [-0.15, -0.1) is 0 Å². The van der Waals surface area contributed by atoms with Crippen molar-refractivity contribution in [3.05, 3.63) is 35.1 Å². The molecule has 20 heavy (non-hydrogen) atoms. The van der Waals surface area contributed by atoms with Gasteiger partial charge in [0.25, 0.3) is 0 Å². The second-order valence-electron chi connectivity index (χ2n) is 4.25. The third kappa shape index (κ3) is 4.99. The third-order valence-electron chi connectivity index (χ3n) is 2.62. The summed E-state index contributed by atoms with van der Waals surface area (Å²) in [7, 11) is 0. The van der Waals surface area contributed by atoms with Gasteiger partial charge in [0.15, 0.2) is 0 Å². The van der Waals surface area contributed by atoms with Gasteiger partial charge in [-0.3, -0.25) is 0 Å². The molecule has 0 aliphatic carbocycles. The van der Waals surface area contributed by atoms with E-state index in [-0.39, 0.29) is 6.07 Å². The zero-order chi connectivity index (χ0) is 15.6. The van der Waals surface area contributed by atoms with Gasteiger partial charge < -0.3 is 5.11 Å². The summed E-state index contributed by atoms with van der Waals surface area (Å²) in [4.78, 5) is 0. The van der Waals surface area contributed by atoms with Crippen LogP contribution in [0.25, 0.3) is 0 Å². The molecule has 0 spiro atoms. The maximum absolute atomic E-state index is 12.8. The van der Waals surface area contributed by atoms with Crippen LogP contribution in [0.5, 0.6) is 0 Å². The van der Waals surface area contributed by atoms with Crippen molar-refractivity contribution in [2.24, 2.45) is 0 Å². The Morgan fingerprint density at radius 1 is 1.05 bits per heavy atom. The first kappa shape index (κ1) is 16.7. The molecule has 1 unspecified atom stereocenters. The molecule has 0 aliphatic rings. The van der Waals surface area contributed by atoms with E-state index in [4.69, 9.17) is 0 Å². The monoisotopic (exact) mass is 304 g/mol. The Labute approximate surface area is 110 Å². The minimum absolute atomic E-state index is 0.211. The largest absolute Gasteiger partial charge is 0.416 e. The van der Waals surface area contributed by atoms with E-state index in [9.17, 15) is 35.8 Å². The van der Waals surface area contributed by atoms with Crippen LogP contribution < -0.4 is 0 Å². The van der Waals surface area contributed by atoms with Gasteiger partial charge in [-0.1, -0.05) is 6.07 Å². The first-order valence-electron chi connectivity index (χ1n) is 5.62. The van der Waals surface area contributed by atoms with E-state index in [0.29, 0.717) is 0 Å². The Bertz CT molecular complexity index is 450. The van der Waals surface area contributed by atoms with Crippen LogP contribution in [0.1, 0.15) is 36.5 Å². The van der Waals surface area contributed by atoms with Crippen LogP contribution >= 0.6 is 0 Å². The van der Waals surface area contributed by atoms with Gasteiger partial charge in [-0.05, 0) is 30.5 Å². The van der Waals surface area contributed by atoms with Gasteiger partial charge in [0, 0.05) is 6.42 Å². The lowest BCUT2D eigenvalue weighted by Crippen LogP contribution is -2.13. The molecule has 0 fully saturated rings. The van der Waals surface area contributed by atoms with E-state index in [1.807, 2.05) is 0 Å². The molecular weight excluding hydrogens is 293 g/mol. The van der Waals surface area contributed by atoms with Crippen molar-refractivity contribution in [1.29, 1.82) is 0 Å². The first-order chi connectivity index (χ1) is 9.00. The van der Waals surface area contributed by atoms with E-state index in [0.717, 1.165) is 12.1 Å². The maximum Gasteiger partial charge on any atom is 0.416 e. The maximum atomic E-state index is 12.8. The van der Waals surface area contributed by atoms with E-state index in [1.54, 1.807) is 0 Å². The summed E-state index contributed by atoms with van der Waals surface area (Å²) in [5.41, 5.74) is -2.00. The molecule has 0 heterocycles. The minimum atomic E-state index is -4.89. The lowest BCUT2D eigenvalue weighted by Gasteiger charge is -2.18. The lowest BCUT2D eigenvalue weighted by molar-refractivity contribution is -0.141. The topological polar surface area (TPSA) is 20.2 Å². The van der Waals surface area contributed by atoms with Gasteiger partial charge in [-0.2, -0.15) is 26.3 Å². The lowest BCUT2D eigenvalue weighted by atomic mass is 9.98. The van der Waals surface area contributed by atoms with E-state index in [2.05, 4.69) is 0 Å². The highest BCUT2D eigenvalue weighted by Gasteiger charge is 2.35. The molecule has 0 aromatic heterocycles. The normalized spacial score (nSPS) is 14.4. The highest BCUT2D eigenvalue weighted by Crippen LogP contribution is 2.36. The molecular formula is C12H11F7O. The molecule has 0 saturated heterocycles. The third-order valence-corrected chi connectivity index (χ3v) is 2.62. The van der Waals surface area contributed by atoms with Crippen LogP contribution in [0.3, 0.4) is 0 Å². The van der Waals surface area contributed by atoms with Crippen molar-refractivity contribution in [2.75, 3.05) is 0 Å². The summed E-state index contributed by atoms with van der Waals surface area (Å²) in [6, 6.07) is 1.66. The molecule has 1 aromatic carbocycles. The molecule has 1 N–H and O–H groups in total. The summed E-state index contributed by atoms with van der Waals surface area (Å²) in [5.74, 6) is -1.14. The number of rotatable bonds is 4. The van der Waals surface area contributed by atoms with Gasteiger partial charge in [0.2, 0.25) is 0 Å². The zero-order valence-corrected chi connectivity index (χ0v) is 10.0. The molecule has 1 atom stereocenters. The Balaban J connectivity index is 2.85. The molecule has 0 saturated carbocycles. The van der Waals surface area contributed by atoms with Crippen LogP contribution in [0, 0.1) is 5.82 Å². The number of hydrogen-bond acceptors (Lipinski definition) is 1. The quantitative estimate of drug-likeness (QED) is 0.805. The predicted molar refractivity (Wildman–Crippen MR) is 56.3 cm³/mol. The predicted octanol–water partition coefficient (Wildman–Crippen LogP) is 4.61. The van der Waals surface area contributed by atoms with Gasteiger partial charge in [-0.25, -0.2) is 4.39 Å². The number of hydrogen-bond donors (Lipinski definition) is 1. The summed E-state index contributed by atoms with van der Waals surface area (Å²) >= 11 is 0. The van der Waals surface area contributed by atoms with Crippen molar-refractivity contribution in [2.45, 2.75) is 37.7 Å². The summed E-state index contributed by atoms with van der Waals surface area (Å²) in [5, 5.41) is 9.56. The molecule has 0 amide bonds. The Kier molecular flexibility index (Phi) is 5.01. The van der Waals surface area contributed by atoms with E-state index in [1.165, 1.54) is 0 Å². The fourth-order valence-corrected chi connectivity index (χ4v) is 1.72. The fraction of sp³-hybridized carbons (Fsp3) is 0.500. The zero-order valence-electron chi connectivity index (χ0n) is 10.0. The smallest absolute Gasteiger partial charge is 0.388 e. The van der Waals surface area contributed by atoms with Gasteiger partial charge in [0.1, 0.15) is 5.82 Å². The summed E-state index contributed by atoms with van der Waals surface area (Å²) in [6.07, 6.45) is -13.3. The van der Waals surface area contributed by atoms with Gasteiger partial charge in [0.05, 0.1) is 11.7 Å². The molecule has 0 aliphatic heterocycles. The number of benzene rings is 1. The Hall–Kier alpha value is -1.31. The SMILES string of the molecule is OC(CCCC(F)(F)F)c1ccc(F)cc1C(F)(F)F. The highest BCUT2D eigenvalue weighted by molar-refractivity contribution is 5.32. The van der Waals surface area contributed by atoms with Crippen LogP contribution in [-0.4, -0.2) is 11.3 Å². The number of halogens is 7. The molecule has 8 heteroatoms. The molecule has 0 bridgehead atoms. The van der Waals surface area contributed by atoms with Crippen LogP contribution in [-0.2, 0) is 6.18 Å². The van der Waals surface area contributed by atoms with Crippen molar-refractivity contribution < 1.29 is 35.8 Å². The Morgan fingerprint density at radius 2 is 1.65 bits per heavy atom. The number of aliphatic hydroxyl groups is 1. The average molecular weight is 304 g/mol. The number of aliphatic hydroxyl groups excluding tert-OH is 1. The van der Waals surface area contributed by atoms with Crippen LogP contribution in [0.15, 0.2) is 18.2 Å². The molecule has 1 nitrogen and oxygen atoms in total. The van der Waals surface area contributed by atoms with Crippen LogP contribution in [0.4, 0.5) is 30.7 Å². The first-order valence-corrected chi connectivity index (χ1v) is 5.62. The average Bonchev–Trinajstić information content (AvgIpc) is 2.25. The van der Waals surface area contributed by atoms with Crippen LogP contribution in [0.2, 0.25) is 0 Å². The second kappa shape index (κ2) is 5.99. The van der Waals surface area contributed by atoms with E-state index >= 15 is 0 Å². The standard InChI is InChI=1S/C12H11F7O/c13-7-3-4-8(9(6-7)12(17,18)19)10(20)2-1-5-11(14,15)16/h3-4,6,10,20H,1-2,5H2.